The first-order valence-electron chi connectivity index (χ1n) is 4.89. The summed E-state index contributed by atoms with van der Waals surface area (Å²) in [5.74, 6) is 0.654. The lowest BCUT2D eigenvalue weighted by Crippen LogP contribution is -2.36. The quantitative estimate of drug-likeness (QED) is 0.650. The smallest absolute Gasteiger partial charge is 0.276 e. The molecule has 0 fully saturated rings. The molecule has 76 valence electrons. The van der Waals surface area contributed by atoms with Crippen LogP contribution in [0.15, 0.2) is 11.1 Å². The van der Waals surface area contributed by atoms with E-state index in [9.17, 15) is 4.79 Å². The van der Waals surface area contributed by atoms with Crippen LogP contribution >= 0.6 is 0 Å². The third-order valence-corrected chi connectivity index (χ3v) is 2.35. The van der Waals surface area contributed by atoms with Crippen molar-refractivity contribution in [3.05, 3.63) is 16.7 Å². The van der Waals surface area contributed by atoms with Crippen molar-refractivity contribution in [1.29, 1.82) is 0 Å². The van der Waals surface area contributed by atoms with Gasteiger partial charge in [0.15, 0.2) is 5.82 Å². The number of rotatable bonds is 2. The summed E-state index contributed by atoms with van der Waals surface area (Å²) in [5.41, 5.74) is 0.459. The number of fused-ring (bicyclic) bond motifs is 1. The third-order valence-electron chi connectivity index (χ3n) is 2.35. The Morgan fingerprint density at radius 3 is 3.29 bits per heavy atom. The number of anilines is 2. The van der Waals surface area contributed by atoms with Gasteiger partial charge in [-0.15, -0.1) is 0 Å². The molecule has 0 saturated carbocycles. The van der Waals surface area contributed by atoms with E-state index in [1.54, 1.807) is 0 Å². The minimum atomic E-state index is -0.108. The van der Waals surface area contributed by atoms with Gasteiger partial charge in [-0.05, 0) is 6.42 Å². The van der Waals surface area contributed by atoms with Crippen LogP contribution in [0, 0.1) is 0 Å². The molecule has 0 radical (unpaired) electrons. The average Bonchev–Trinajstić information content (AvgIpc) is 2.20. The molecule has 1 aliphatic rings. The van der Waals surface area contributed by atoms with Crippen LogP contribution in [0.2, 0.25) is 0 Å². The Balaban J connectivity index is 2.24. The van der Waals surface area contributed by atoms with Crippen molar-refractivity contribution in [3.63, 3.8) is 0 Å². The van der Waals surface area contributed by atoms with Crippen molar-refractivity contribution >= 4 is 11.5 Å². The molecular formula is C9H14N4O. The number of H-pyrrole nitrogens is 1. The largest absolute Gasteiger partial charge is 0.373 e. The van der Waals surface area contributed by atoms with Crippen molar-refractivity contribution in [2.45, 2.75) is 25.8 Å². The molecule has 1 aromatic heterocycles. The first-order valence-corrected chi connectivity index (χ1v) is 4.89. The lowest BCUT2D eigenvalue weighted by atomic mass is 10.1. The van der Waals surface area contributed by atoms with Gasteiger partial charge in [-0.2, -0.15) is 0 Å². The van der Waals surface area contributed by atoms with E-state index in [0.717, 1.165) is 19.4 Å². The summed E-state index contributed by atoms with van der Waals surface area (Å²) in [6, 6.07) is 0.331. The molecule has 5 heteroatoms. The average molecular weight is 194 g/mol. The molecule has 2 heterocycles. The highest BCUT2D eigenvalue weighted by molar-refractivity contribution is 5.65. The van der Waals surface area contributed by atoms with Crippen molar-refractivity contribution in [3.8, 4) is 0 Å². The topological polar surface area (TPSA) is 69.8 Å². The standard InChI is InChI=1S/C9H14N4O/c1-2-3-6-4-10-8-7(13-6)9(14)12-5-11-8/h5-6,13H,2-4H2,1H3,(H2,10,11,12,14)/t6-/m0/s1. The van der Waals surface area contributed by atoms with Crippen LogP contribution in [0.25, 0.3) is 0 Å². The fourth-order valence-corrected chi connectivity index (χ4v) is 1.67. The van der Waals surface area contributed by atoms with E-state index in [-0.39, 0.29) is 5.56 Å². The third kappa shape index (κ3) is 1.57. The van der Waals surface area contributed by atoms with Gasteiger partial charge in [0.05, 0.1) is 6.33 Å². The summed E-state index contributed by atoms with van der Waals surface area (Å²) in [6.07, 6.45) is 3.57. The molecule has 0 spiro atoms. The van der Waals surface area contributed by atoms with Gasteiger partial charge in [-0.3, -0.25) is 4.79 Å². The normalized spacial score (nSPS) is 19.4. The zero-order valence-corrected chi connectivity index (χ0v) is 8.13. The second kappa shape index (κ2) is 3.69. The Morgan fingerprint density at radius 2 is 2.50 bits per heavy atom. The van der Waals surface area contributed by atoms with E-state index in [2.05, 4.69) is 27.5 Å². The fourth-order valence-electron chi connectivity index (χ4n) is 1.67. The Hall–Kier alpha value is -1.52. The number of hydrogen-bond acceptors (Lipinski definition) is 4. The minimum absolute atomic E-state index is 0.108. The van der Waals surface area contributed by atoms with E-state index < -0.39 is 0 Å². The molecule has 1 aliphatic heterocycles. The Morgan fingerprint density at radius 1 is 1.64 bits per heavy atom. The lowest BCUT2D eigenvalue weighted by molar-refractivity contribution is 0.651. The summed E-state index contributed by atoms with van der Waals surface area (Å²) in [7, 11) is 0. The van der Waals surface area contributed by atoms with Gasteiger partial charge < -0.3 is 15.6 Å². The molecule has 14 heavy (non-hydrogen) atoms. The summed E-state index contributed by atoms with van der Waals surface area (Å²) in [6.45, 7) is 2.96. The van der Waals surface area contributed by atoms with Crippen molar-refractivity contribution in [2.75, 3.05) is 17.2 Å². The second-order valence-corrected chi connectivity index (χ2v) is 3.47. The molecular weight excluding hydrogens is 180 g/mol. The Labute approximate surface area is 82.0 Å². The van der Waals surface area contributed by atoms with Crippen LogP contribution in [0.5, 0.6) is 0 Å². The number of nitrogens with zero attached hydrogens (tertiary/aromatic N) is 1. The van der Waals surface area contributed by atoms with Crippen molar-refractivity contribution in [2.24, 2.45) is 0 Å². The number of aromatic amines is 1. The van der Waals surface area contributed by atoms with E-state index in [4.69, 9.17) is 0 Å². The predicted molar refractivity (Wildman–Crippen MR) is 55.7 cm³/mol. The van der Waals surface area contributed by atoms with Crippen LogP contribution < -0.4 is 16.2 Å². The molecule has 0 unspecified atom stereocenters. The van der Waals surface area contributed by atoms with Crippen LogP contribution in [-0.4, -0.2) is 22.6 Å². The maximum atomic E-state index is 11.4. The monoisotopic (exact) mass is 194 g/mol. The molecule has 2 rings (SSSR count). The maximum Gasteiger partial charge on any atom is 0.276 e. The molecule has 0 saturated heterocycles. The van der Waals surface area contributed by atoms with Gasteiger partial charge in [-0.1, -0.05) is 13.3 Å². The van der Waals surface area contributed by atoms with Crippen LogP contribution in [0.3, 0.4) is 0 Å². The van der Waals surface area contributed by atoms with Crippen LogP contribution in [0.4, 0.5) is 11.5 Å². The molecule has 1 aromatic rings. The first-order chi connectivity index (χ1) is 6.81. The lowest BCUT2D eigenvalue weighted by Gasteiger charge is -2.26. The maximum absolute atomic E-state index is 11.4. The first kappa shape index (κ1) is 9.05. The Kier molecular flexibility index (Phi) is 2.39. The summed E-state index contributed by atoms with van der Waals surface area (Å²) in [5, 5.41) is 6.34. The highest BCUT2D eigenvalue weighted by Gasteiger charge is 2.19. The molecule has 0 aromatic carbocycles. The van der Waals surface area contributed by atoms with E-state index in [0.29, 0.717) is 17.5 Å². The number of aromatic nitrogens is 2. The predicted octanol–water partition coefficient (Wildman–Crippen LogP) is 0.776. The summed E-state index contributed by atoms with van der Waals surface area (Å²) >= 11 is 0. The molecule has 0 amide bonds. The molecule has 0 aliphatic carbocycles. The molecule has 5 nitrogen and oxygen atoms in total. The summed E-state index contributed by atoms with van der Waals surface area (Å²) < 4.78 is 0. The van der Waals surface area contributed by atoms with Gasteiger partial charge in [0.2, 0.25) is 0 Å². The van der Waals surface area contributed by atoms with E-state index in [1.165, 1.54) is 6.33 Å². The van der Waals surface area contributed by atoms with Gasteiger partial charge >= 0.3 is 0 Å². The van der Waals surface area contributed by atoms with Gasteiger partial charge in [0.1, 0.15) is 5.69 Å². The molecule has 3 N–H and O–H groups in total. The fraction of sp³-hybridized carbons (Fsp3) is 0.556. The van der Waals surface area contributed by atoms with Gasteiger partial charge in [0, 0.05) is 12.6 Å². The molecule has 1 atom stereocenters. The number of hydrogen-bond donors (Lipinski definition) is 3. The van der Waals surface area contributed by atoms with Crippen molar-refractivity contribution < 1.29 is 0 Å². The summed E-state index contributed by atoms with van der Waals surface area (Å²) in [4.78, 5) is 18.0. The van der Waals surface area contributed by atoms with Crippen LogP contribution in [0.1, 0.15) is 19.8 Å². The minimum Gasteiger partial charge on any atom is -0.373 e. The Bertz CT molecular complexity index is 373. The van der Waals surface area contributed by atoms with E-state index >= 15 is 0 Å². The SMILES string of the molecule is CCC[C@H]1CNc2nc[nH]c(=O)c2N1. The zero-order chi connectivity index (χ0) is 9.97. The number of nitrogens with one attached hydrogen (secondary N) is 3. The highest BCUT2D eigenvalue weighted by atomic mass is 16.1. The zero-order valence-electron chi connectivity index (χ0n) is 8.13. The van der Waals surface area contributed by atoms with Crippen LogP contribution in [-0.2, 0) is 0 Å². The highest BCUT2D eigenvalue weighted by Crippen LogP contribution is 2.19. The van der Waals surface area contributed by atoms with E-state index in [1.807, 2.05) is 0 Å². The van der Waals surface area contributed by atoms with Gasteiger partial charge in [0.25, 0.3) is 5.56 Å². The second-order valence-electron chi connectivity index (χ2n) is 3.47. The molecule has 0 bridgehead atoms. The van der Waals surface area contributed by atoms with Gasteiger partial charge in [-0.25, -0.2) is 4.98 Å². The van der Waals surface area contributed by atoms with Crippen molar-refractivity contribution in [1.82, 2.24) is 9.97 Å².